The Hall–Kier alpha value is -1.78. The third kappa shape index (κ3) is 3.12. The van der Waals surface area contributed by atoms with Crippen LogP contribution in [0.4, 0.5) is 5.69 Å². The average molecular weight is 280 g/mol. The van der Waals surface area contributed by atoms with Crippen LogP contribution < -0.4 is 5.32 Å². The number of thiophene rings is 1. The van der Waals surface area contributed by atoms with Crippen LogP contribution in [0.15, 0.2) is 48.0 Å². The normalized spacial score (nSPS) is 10.7. The van der Waals surface area contributed by atoms with E-state index in [0.29, 0.717) is 15.6 Å². The number of rotatable bonds is 4. The minimum absolute atomic E-state index is 0.0765. The van der Waals surface area contributed by atoms with Crippen molar-refractivity contribution in [1.82, 2.24) is 0 Å². The molecule has 2 N–H and O–H groups in total. The summed E-state index contributed by atoms with van der Waals surface area (Å²) in [4.78, 5) is 12.3. The molecule has 0 bridgehead atoms. The Balaban J connectivity index is 2.03. The lowest BCUT2D eigenvalue weighted by Gasteiger charge is -2.03. The van der Waals surface area contributed by atoms with Gasteiger partial charge in [-0.25, -0.2) is 0 Å². The van der Waals surface area contributed by atoms with E-state index in [1.807, 2.05) is 11.4 Å². The van der Waals surface area contributed by atoms with Crippen LogP contribution in [0.3, 0.4) is 0 Å². The van der Waals surface area contributed by atoms with Gasteiger partial charge in [0.1, 0.15) is 5.75 Å². The third-order valence-electron chi connectivity index (χ3n) is 2.20. The number of anilines is 1. The standard InChI is InChI=1S/C13H10ClNO2S/c14-9-3-4-11(16)10(8-9)15-6-5-12(17)13-2-1-7-18-13/h1-8,15-16H/b6-5-. The summed E-state index contributed by atoms with van der Waals surface area (Å²) in [7, 11) is 0. The molecule has 3 nitrogen and oxygen atoms in total. The van der Waals surface area contributed by atoms with E-state index in [1.54, 1.807) is 18.2 Å². The molecular weight excluding hydrogens is 270 g/mol. The molecule has 0 spiro atoms. The molecule has 0 aliphatic rings. The number of phenols is 1. The fourth-order valence-electron chi connectivity index (χ4n) is 1.33. The van der Waals surface area contributed by atoms with Crippen molar-refractivity contribution in [3.8, 4) is 5.75 Å². The molecule has 1 aromatic heterocycles. The molecule has 0 radical (unpaired) electrons. The summed E-state index contributed by atoms with van der Waals surface area (Å²) in [6.45, 7) is 0. The van der Waals surface area contributed by atoms with Gasteiger partial charge in [-0.3, -0.25) is 4.79 Å². The van der Waals surface area contributed by atoms with E-state index >= 15 is 0 Å². The molecule has 0 aliphatic heterocycles. The fourth-order valence-corrected chi connectivity index (χ4v) is 2.15. The van der Waals surface area contributed by atoms with Crippen molar-refractivity contribution >= 4 is 34.4 Å². The number of aromatic hydroxyl groups is 1. The number of benzene rings is 1. The maximum atomic E-state index is 11.6. The molecule has 2 rings (SSSR count). The van der Waals surface area contributed by atoms with E-state index in [0.717, 1.165) is 0 Å². The largest absolute Gasteiger partial charge is 0.506 e. The number of carbonyl (C=O) groups excluding carboxylic acids is 1. The number of allylic oxidation sites excluding steroid dienone is 1. The van der Waals surface area contributed by atoms with Gasteiger partial charge in [-0.05, 0) is 29.6 Å². The molecule has 1 aromatic carbocycles. The number of hydrogen-bond acceptors (Lipinski definition) is 4. The second-order valence-corrected chi connectivity index (χ2v) is 4.86. The number of nitrogens with one attached hydrogen (secondary N) is 1. The van der Waals surface area contributed by atoms with Crippen LogP contribution in [-0.4, -0.2) is 10.9 Å². The number of phenolic OH excluding ortho intramolecular Hbond substituents is 1. The van der Waals surface area contributed by atoms with Crippen LogP contribution in [0.25, 0.3) is 0 Å². The summed E-state index contributed by atoms with van der Waals surface area (Å²) >= 11 is 7.18. The summed E-state index contributed by atoms with van der Waals surface area (Å²) in [5, 5.41) is 14.7. The van der Waals surface area contributed by atoms with Crippen molar-refractivity contribution in [2.45, 2.75) is 0 Å². The van der Waals surface area contributed by atoms with Crippen LogP contribution >= 0.6 is 22.9 Å². The first-order chi connectivity index (χ1) is 8.66. The summed E-state index contributed by atoms with van der Waals surface area (Å²) in [5.41, 5.74) is 0.456. The zero-order valence-electron chi connectivity index (χ0n) is 9.26. The van der Waals surface area contributed by atoms with Crippen LogP contribution in [0, 0.1) is 0 Å². The Bertz CT molecular complexity index is 579. The zero-order valence-corrected chi connectivity index (χ0v) is 10.8. The van der Waals surface area contributed by atoms with Crippen molar-refractivity contribution in [1.29, 1.82) is 0 Å². The highest BCUT2D eigenvalue weighted by Crippen LogP contribution is 2.26. The Morgan fingerprint density at radius 3 is 2.94 bits per heavy atom. The quantitative estimate of drug-likeness (QED) is 0.507. The molecule has 2 aromatic rings. The highest BCUT2D eigenvalue weighted by molar-refractivity contribution is 7.12. The lowest BCUT2D eigenvalue weighted by Crippen LogP contribution is -1.93. The Morgan fingerprint density at radius 2 is 2.22 bits per heavy atom. The maximum Gasteiger partial charge on any atom is 0.197 e. The molecule has 0 aliphatic carbocycles. The Labute approximate surface area is 113 Å². The molecule has 0 saturated heterocycles. The summed E-state index contributed by atoms with van der Waals surface area (Å²) < 4.78 is 0. The Kier molecular flexibility index (Phi) is 4.02. The fraction of sp³-hybridized carbons (Fsp3) is 0. The second kappa shape index (κ2) is 5.71. The summed E-state index contributed by atoms with van der Waals surface area (Å²) in [5.74, 6) is -0.00774. The van der Waals surface area contributed by atoms with E-state index in [2.05, 4.69) is 5.32 Å². The smallest absolute Gasteiger partial charge is 0.197 e. The topological polar surface area (TPSA) is 49.3 Å². The van der Waals surface area contributed by atoms with Gasteiger partial charge < -0.3 is 10.4 Å². The molecule has 92 valence electrons. The van der Waals surface area contributed by atoms with Crippen molar-refractivity contribution < 1.29 is 9.90 Å². The first-order valence-electron chi connectivity index (χ1n) is 5.16. The van der Waals surface area contributed by atoms with Gasteiger partial charge in [0, 0.05) is 17.3 Å². The molecule has 0 fully saturated rings. The second-order valence-electron chi connectivity index (χ2n) is 3.48. The van der Waals surface area contributed by atoms with Gasteiger partial charge >= 0.3 is 0 Å². The minimum atomic E-state index is -0.0842. The van der Waals surface area contributed by atoms with E-state index < -0.39 is 0 Å². The van der Waals surface area contributed by atoms with Crippen molar-refractivity contribution in [3.63, 3.8) is 0 Å². The highest BCUT2D eigenvalue weighted by atomic mass is 35.5. The van der Waals surface area contributed by atoms with Crippen LogP contribution in [0.2, 0.25) is 5.02 Å². The summed E-state index contributed by atoms with van der Waals surface area (Å²) in [6.07, 6.45) is 2.89. The number of halogens is 1. The van der Waals surface area contributed by atoms with Crippen LogP contribution in [0.1, 0.15) is 9.67 Å². The van der Waals surface area contributed by atoms with Gasteiger partial charge in [0.25, 0.3) is 0 Å². The average Bonchev–Trinajstić information content (AvgIpc) is 2.87. The number of ketones is 1. The first-order valence-corrected chi connectivity index (χ1v) is 6.42. The van der Waals surface area contributed by atoms with Gasteiger partial charge in [0.05, 0.1) is 10.6 Å². The number of carbonyl (C=O) groups is 1. The molecule has 0 atom stereocenters. The van der Waals surface area contributed by atoms with E-state index in [-0.39, 0.29) is 11.5 Å². The molecule has 18 heavy (non-hydrogen) atoms. The number of hydrogen-bond donors (Lipinski definition) is 2. The predicted molar refractivity (Wildman–Crippen MR) is 74.5 cm³/mol. The maximum absolute atomic E-state index is 11.6. The van der Waals surface area contributed by atoms with Crippen LogP contribution in [-0.2, 0) is 0 Å². The van der Waals surface area contributed by atoms with Crippen molar-refractivity contribution in [2.24, 2.45) is 0 Å². The van der Waals surface area contributed by atoms with Gasteiger partial charge in [0.2, 0.25) is 0 Å². The van der Waals surface area contributed by atoms with Gasteiger partial charge in [-0.1, -0.05) is 17.7 Å². The molecular formula is C13H10ClNO2S. The first kappa shape index (κ1) is 12.7. The van der Waals surface area contributed by atoms with E-state index in [9.17, 15) is 9.90 Å². The van der Waals surface area contributed by atoms with Crippen molar-refractivity contribution in [2.75, 3.05) is 5.32 Å². The Morgan fingerprint density at radius 1 is 1.39 bits per heavy atom. The molecule has 5 heteroatoms. The monoisotopic (exact) mass is 279 g/mol. The summed E-state index contributed by atoms with van der Waals surface area (Å²) in [6, 6.07) is 8.23. The molecule has 0 saturated carbocycles. The molecule has 0 unspecified atom stereocenters. The van der Waals surface area contributed by atoms with Crippen LogP contribution in [0.5, 0.6) is 5.75 Å². The lowest BCUT2D eigenvalue weighted by molar-refractivity contribution is 0.105. The lowest BCUT2D eigenvalue weighted by atomic mass is 10.3. The van der Waals surface area contributed by atoms with Crippen molar-refractivity contribution in [3.05, 3.63) is 57.9 Å². The SMILES string of the molecule is O=C(/C=C\Nc1cc(Cl)ccc1O)c1cccs1. The molecule has 1 heterocycles. The van der Waals surface area contributed by atoms with Gasteiger partial charge in [-0.15, -0.1) is 11.3 Å². The molecule has 0 amide bonds. The highest BCUT2D eigenvalue weighted by Gasteiger charge is 2.02. The predicted octanol–water partition coefficient (Wildman–Crippen LogP) is 3.92. The zero-order chi connectivity index (χ0) is 13.0. The minimum Gasteiger partial charge on any atom is -0.506 e. The third-order valence-corrected chi connectivity index (χ3v) is 3.32. The van der Waals surface area contributed by atoms with E-state index in [1.165, 1.54) is 29.7 Å². The van der Waals surface area contributed by atoms with Gasteiger partial charge in [-0.2, -0.15) is 0 Å². The van der Waals surface area contributed by atoms with Gasteiger partial charge in [0.15, 0.2) is 5.78 Å². The van der Waals surface area contributed by atoms with E-state index in [4.69, 9.17) is 11.6 Å².